The van der Waals surface area contributed by atoms with Crippen LogP contribution in [0.4, 0.5) is 11.4 Å². The van der Waals surface area contributed by atoms with Crippen LogP contribution in [0.3, 0.4) is 0 Å². The number of aliphatic carboxylic acids is 1. The van der Waals surface area contributed by atoms with E-state index in [1.807, 2.05) is 18.2 Å². The number of benzene rings is 2. The molecule has 1 heterocycles. The Kier molecular flexibility index (Phi) is 7.29. The highest BCUT2D eigenvalue weighted by atomic mass is 32.2. The number of fused-ring (bicyclic) bond motifs is 2. The van der Waals surface area contributed by atoms with Crippen molar-refractivity contribution in [3.05, 3.63) is 47.5 Å². The average Bonchev–Trinajstić information content (AvgIpc) is 2.73. The first-order valence-electron chi connectivity index (χ1n) is 9.70. The molecule has 150 valence electrons. The second-order valence-corrected chi connectivity index (χ2v) is 8.81. The molecule has 3 rings (SSSR count). The van der Waals surface area contributed by atoms with E-state index in [9.17, 15) is 4.79 Å². The maximum absolute atomic E-state index is 11.2. The molecule has 0 radical (unpaired) electrons. The molecule has 1 N–H and O–H groups in total. The van der Waals surface area contributed by atoms with Crippen LogP contribution in [0.25, 0.3) is 6.08 Å². The van der Waals surface area contributed by atoms with Gasteiger partial charge in [-0.25, -0.2) is 4.79 Å². The van der Waals surface area contributed by atoms with Crippen molar-refractivity contribution in [2.45, 2.75) is 47.3 Å². The quantitative estimate of drug-likeness (QED) is 0.223. The predicted molar refractivity (Wildman–Crippen MR) is 121 cm³/mol. The highest BCUT2D eigenvalue weighted by Crippen LogP contribution is 2.49. The molecule has 0 saturated carbocycles. The topological polar surface area (TPSA) is 64.3 Å². The lowest BCUT2D eigenvalue weighted by Crippen LogP contribution is -2.22. The first-order chi connectivity index (χ1) is 14.1. The Bertz CT molecular complexity index is 979. The Hall–Kier alpha value is -2.36. The monoisotopic (exact) mass is 424 g/mol. The number of nitrogens with zero attached hydrogens (tertiary/aromatic N) is 2. The highest BCUT2D eigenvalue weighted by Gasteiger charge is 2.24. The number of hydrogen-bond acceptors (Lipinski definition) is 5. The fourth-order valence-electron chi connectivity index (χ4n) is 3.34. The van der Waals surface area contributed by atoms with Crippen LogP contribution < -0.4 is 4.90 Å². The van der Waals surface area contributed by atoms with Crippen LogP contribution in [0.2, 0.25) is 0 Å². The molecule has 1 aliphatic rings. The normalized spacial score (nSPS) is 12.9. The van der Waals surface area contributed by atoms with Gasteiger partial charge in [0.1, 0.15) is 11.6 Å². The molecule has 0 amide bonds. The van der Waals surface area contributed by atoms with Crippen molar-refractivity contribution in [3.8, 4) is 6.07 Å². The molecular formula is C23H24N2O2S2. The lowest BCUT2D eigenvalue weighted by atomic mass is 10.1. The van der Waals surface area contributed by atoms with Crippen LogP contribution in [0.15, 0.2) is 56.7 Å². The van der Waals surface area contributed by atoms with E-state index in [-0.39, 0.29) is 5.57 Å². The molecule has 0 saturated heterocycles. The van der Waals surface area contributed by atoms with E-state index < -0.39 is 5.97 Å². The van der Waals surface area contributed by atoms with Gasteiger partial charge >= 0.3 is 5.97 Å². The molecular weight excluding hydrogens is 400 g/mol. The second-order valence-electron chi connectivity index (χ2n) is 6.85. The largest absolute Gasteiger partial charge is 0.477 e. The zero-order valence-corrected chi connectivity index (χ0v) is 18.3. The number of rotatable bonds is 8. The molecule has 4 nitrogen and oxygen atoms in total. The lowest BCUT2D eigenvalue weighted by molar-refractivity contribution is -0.132. The summed E-state index contributed by atoms with van der Waals surface area (Å²) in [4.78, 5) is 17.1. The van der Waals surface area contributed by atoms with Gasteiger partial charge in [-0.1, -0.05) is 44.0 Å². The van der Waals surface area contributed by atoms with Crippen molar-refractivity contribution < 1.29 is 9.90 Å². The molecule has 2 aromatic carbocycles. The molecule has 0 atom stereocenters. The van der Waals surface area contributed by atoms with Crippen LogP contribution >= 0.6 is 23.5 Å². The summed E-state index contributed by atoms with van der Waals surface area (Å²) >= 11 is 3.44. The summed E-state index contributed by atoms with van der Waals surface area (Å²) in [5.74, 6) is -1.20. The molecule has 2 aromatic rings. The summed E-state index contributed by atoms with van der Waals surface area (Å²) in [5.41, 5.74) is 2.85. The van der Waals surface area contributed by atoms with Gasteiger partial charge in [-0.2, -0.15) is 5.26 Å². The van der Waals surface area contributed by atoms with Gasteiger partial charge in [0, 0.05) is 21.2 Å². The number of carbonyl (C=O) groups is 1. The number of nitriles is 1. The molecule has 0 aromatic heterocycles. The van der Waals surface area contributed by atoms with E-state index in [4.69, 9.17) is 10.4 Å². The summed E-state index contributed by atoms with van der Waals surface area (Å²) < 4.78 is 0. The summed E-state index contributed by atoms with van der Waals surface area (Å²) in [5, 5.41) is 18.2. The van der Waals surface area contributed by atoms with E-state index in [2.05, 4.69) is 36.3 Å². The Morgan fingerprint density at radius 2 is 2.00 bits per heavy atom. The van der Waals surface area contributed by atoms with Crippen molar-refractivity contribution in [2.75, 3.05) is 17.7 Å². The smallest absolute Gasteiger partial charge is 0.346 e. The Labute approximate surface area is 180 Å². The maximum atomic E-state index is 11.2. The van der Waals surface area contributed by atoms with Gasteiger partial charge in [0.25, 0.3) is 0 Å². The molecule has 0 spiro atoms. The van der Waals surface area contributed by atoms with Crippen molar-refractivity contribution in [3.63, 3.8) is 0 Å². The zero-order chi connectivity index (χ0) is 20.8. The molecule has 1 aliphatic heterocycles. The van der Waals surface area contributed by atoms with Crippen molar-refractivity contribution >= 4 is 46.9 Å². The predicted octanol–water partition coefficient (Wildman–Crippen LogP) is 6.58. The number of unbranched alkanes of at least 4 members (excludes halogenated alkanes) is 3. The Morgan fingerprint density at radius 1 is 1.17 bits per heavy atom. The third-order valence-corrected chi connectivity index (χ3v) is 6.69. The third kappa shape index (κ3) is 4.98. The minimum absolute atomic E-state index is 0.257. The van der Waals surface area contributed by atoms with Gasteiger partial charge in [0.2, 0.25) is 0 Å². The van der Waals surface area contributed by atoms with Gasteiger partial charge in [-0.05, 0) is 54.6 Å². The molecule has 0 fully saturated rings. The Balaban J connectivity index is 1.98. The first-order valence-corrected chi connectivity index (χ1v) is 11.7. The van der Waals surface area contributed by atoms with Crippen LogP contribution in [-0.2, 0) is 4.79 Å². The fraction of sp³-hybridized carbons (Fsp3) is 0.304. The summed E-state index contributed by atoms with van der Waals surface area (Å²) in [6.45, 7) is 3.17. The average molecular weight is 425 g/mol. The van der Waals surface area contributed by atoms with Gasteiger partial charge in [-0.3, -0.25) is 0 Å². The number of carboxylic acid groups (broad SMARTS) is 1. The van der Waals surface area contributed by atoms with Gasteiger partial charge in [-0.15, -0.1) is 11.8 Å². The standard InChI is InChI=1S/C23H24N2O2S2/c1-3-4-5-6-11-25-19-9-7-16(12-17(15-24)23(26)27)13-22(19)29-21-10-8-18(28-2)14-20(21)25/h7-10,12-14H,3-6,11H2,1-2H3,(H,26,27)/b17-12+. The van der Waals surface area contributed by atoms with E-state index >= 15 is 0 Å². The number of hydrogen-bond donors (Lipinski definition) is 1. The minimum Gasteiger partial charge on any atom is -0.477 e. The van der Waals surface area contributed by atoms with Gasteiger partial charge < -0.3 is 10.0 Å². The summed E-state index contributed by atoms with van der Waals surface area (Å²) in [6.07, 6.45) is 8.30. The van der Waals surface area contributed by atoms with E-state index in [1.165, 1.54) is 40.8 Å². The minimum atomic E-state index is -1.20. The molecule has 0 aliphatic carbocycles. The second kappa shape index (κ2) is 9.91. The van der Waals surface area contributed by atoms with E-state index in [0.717, 1.165) is 29.1 Å². The first kappa shape index (κ1) is 21.4. The zero-order valence-electron chi connectivity index (χ0n) is 16.6. The number of anilines is 2. The lowest BCUT2D eigenvalue weighted by Gasteiger charge is -2.33. The van der Waals surface area contributed by atoms with Crippen LogP contribution in [-0.4, -0.2) is 23.9 Å². The summed E-state index contributed by atoms with van der Waals surface area (Å²) in [6, 6.07) is 14.2. The van der Waals surface area contributed by atoms with Crippen molar-refractivity contribution in [1.29, 1.82) is 5.26 Å². The molecule has 0 bridgehead atoms. The van der Waals surface area contributed by atoms with Crippen molar-refractivity contribution in [1.82, 2.24) is 0 Å². The van der Waals surface area contributed by atoms with Crippen LogP contribution in [0.1, 0.15) is 38.2 Å². The van der Waals surface area contributed by atoms with Gasteiger partial charge in [0.05, 0.1) is 11.4 Å². The third-order valence-electron chi connectivity index (χ3n) is 4.85. The maximum Gasteiger partial charge on any atom is 0.346 e. The number of thioether (sulfide) groups is 1. The van der Waals surface area contributed by atoms with Gasteiger partial charge in [0.15, 0.2) is 0 Å². The van der Waals surface area contributed by atoms with Crippen molar-refractivity contribution in [2.24, 2.45) is 0 Å². The molecule has 6 heteroatoms. The van der Waals surface area contributed by atoms with E-state index in [0.29, 0.717) is 0 Å². The van der Waals surface area contributed by atoms with E-state index in [1.54, 1.807) is 29.6 Å². The SMILES string of the molecule is CCCCCCN1c2ccc(/C=C(\C#N)C(=O)O)cc2Sc2ccc(SC)cc21. The Morgan fingerprint density at radius 3 is 2.69 bits per heavy atom. The number of carboxylic acids is 1. The van der Waals surface area contributed by atoms with Crippen LogP contribution in [0, 0.1) is 11.3 Å². The van der Waals surface area contributed by atoms with Crippen LogP contribution in [0.5, 0.6) is 0 Å². The molecule has 29 heavy (non-hydrogen) atoms. The highest BCUT2D eigenvalue weighted by molar-refractivity contribution is 8.00. The molecule has 0 unspecified atom stereocenters. The summed E-state index contributed by atoms with van der Waals surface area (Å²) in [7, 11) is 0. The fourth-order valence-corrected chi connectivity index (χ4v) is 4.90.